The van der Waals surface area contributed by atoms with E-state index in [0.29, 0.717) is 10.6 Å². The molecule has 0 unspecified atom stereocenters. The van der Waals surface area contributed by atoms with Crippen molar-refractivity contribution in [2.45, 2.75) is 26.4 Å². The van der Waals surface area contributed by atoms with E-state index in [2.05, 4.69) is 0 Å². The fraction of sp³-hybridized carbons (Fsp3) is 0.235. The van der Waals surface area contributed by atoms with Gasteiger partial charge in [-0.3, -0.25) is 0 Å². The summed E-state index contributed by atoms with van der Waals surface area (Å²) in [7, 11) is 0. The van der Waals surface area contributed by atoms with Crippen LogP contribution in [0.5, 0.6) is 0 Å². The molecule has 20 heavy (non-hydrogen) atoms. The van der Waals surface area contributed by atoms with E-state index in [1.807, 2.05) is 51.1 Å². The van der Waals surface area contributed by atoms with Crippen LogP contribution in [0.4, 0.5) is 0 Å². The summed E-state index contributed by atoms with van der Waals surface area (Å²) in [5.41, 5.74) is 1.73. The van der Waals surface area contributed by atoms with Crippen molar-refractivity contribution in [1.82, 2.24) is 0 Å². The molecule has 2 aromatic carbocycles. The summed E-state index contributed by atoms with van der Waals surface area (Å²) >= 11 is 6.05. The van der Waals surface area contributed by atoms with Crippen molar-refractivity contribution >= 4 is 17.6 Å². The Morgan fingerprint density at radius 3 is 2.30 bits per heavy atom. The van der Waals surface area contributed by atoms with Crippen LogP contribution in [-0.2, 0) is 4.74 Å². The molecular weight excluding hydrogens is 272 g/mol. The van der Waals surface area contributed by atoms with Crippen molar-refractivity contribution in [3.05, 3.63) is 59.1 Å². The third-order valence-corrected chi connectivity index (χ3v) is 2.92. The van der Waals surface area contributed by atoms with Gasteiger partial charge in [0.2, 0.25) is 0 Å². The SMILES string of the molecule is CC(C)(C)OC(=O)c1ccc(Cl)cc1-c1ccccc1. The maximum absolute atomic E-state index is 12.3. The number of hydrogen-bond donors (Lipinski definition) is 0. The second kappa shape index (κ2) is 5.68. The normalized spacial score (nSPS) is 11.2. The molecule has 104 valence electrons. The van der Waals surface area contributed by atoms with Crippen molar-refractivity contribution in [3.8, 4) is 11.1 Å². The van der Waals surface area contributed by atoms with Crippen molar-refractivity contribution in [2.75, 3.05) is 0 Å². The summed E-state index contributed by atoms with van der Waals surface area (Å²) in [5.74, 6) is -0.340. The van der Waals surface area contributed by atoms with Crippen LogP contribution in [0.2, 0.25) is 5.02 Å². The number of hydrogen-bond acceptors (Lipinski definition) is 2. The van der Waals surface area contributed by atoms with E-state index >= 15 is 0 Å². The van der Waals surface area contributed by atoms with Crippen molar-refractivity contribution in [1.29, 1.82) is 0 Å². The number of benzene rings is 2. The molecule has 3 heteroatoms. The van der Waals surface area contributed by atoms with Crippen molar-refractivity contribution in [2.24, 2.45) is 0 Å². The fourth-order valence-electron chi connectivity index (χ4n) is 1.88. The highest BCUT2D eigenvalue weighted by Gasteiger charge is 2.21. The highest BCUT2D eigenvalue weighted by Crippen LogP contribution is 2.28. The minimum atomic E-state index is -0.523. The van der Waals surface area contributed by atoms with Crippen LogP contribution in [0, 0.1) is 0 Å². The average molecular weight is 289 g/mol. The number of halogens is 1. The Balaban J connectivity index is 2.47. The van der Waals surface area contributed by atoms with Crippen molar-refractivity contribution in [3.63, 3.8) is 0 Å². The van der Waals surface area contributed by atoms with Gasteiger partial charge in [0.15, 0.2) is 0 Å². The molecule has 0 aliphatic heterocycles. The van der Waals surface area contributed by atoms with E-state index in [-0.39, 0.29) is 5.97 Å². The average Bonchev–Trinajstić information content (AvgIpc) is 2.37. The quantitative estimate of drug-likeness (QED) is 0.730. The van der Waals surface area contributed by atoms with E-state index in [0.717, 1.165) is 11.1 Å². The molecule has 0 saturated carbocycles. The van der Waals surface area contributed by atoms with Gasteiger partial charge in [0.05, 0.1) is 5.56 Å². The first kappa shape index (κ1) is 14.6. The lowest BCUT2D eigenvalue weighted by Crippen LogP contribution is -2.24. The number of carbonyl (C=O) groups is 1. The molecule has 0 bridgehead atoms. The molecule has 0 aliphatic carbocycles. The summed E-state index contributed by atoms with van der Waals surface area (Å²) in [4.78, 5) is 12.3. The van der Waals surface area contributed by atoms with Crippen LogP contribution in [0.15, 0.2) is 48.5 Å². The summed E-state index contributed by atoms with van der Waals surface area (Å²) in [5, 5.41) is 0.594. The maximum Gasteiger partial charge on any atom is 0.339 e. The van der Waals surface area contributed by atoms with Crippen LogP contribution in [-0.4, -0.2) is 11.6 Å². The van der Waals surface area contributed by atoms with Crippen LogP contribution in [0.25, 0.3) is 11.1 Å². The summed E-state index contributed by atoms with van der Waals surface area (Å²) in [6.07, 6.45) is 0. The zero-order valence-corrected chi connectivity index (χ0v) is 12.6. The highest BCUT2D eigenvalue weighted by atomic mass is 35.5. The Bertz CT molecular complexity index is 613. The first-order valence-electron chi connectivity index (χ1n) is 6.45. The number of esters is 1. The first-order chi connectivity index (χ1) is 9.37. The van der Waals surface area contributed by atoms with E-state index < -0.39 is 5.60 Å². The lowest BCUT2D eigenvalue weighted by molar-refractivity contribution is 0.00705. The first-order valence-corrected chi connectivity index (χ1v) is 6.83. The predicted molar refractivity (Wildman–Crippen MR) is 82.1 cm³/mol. The van der Waals surface area contributed by atoms with Crippen LogP contribution in [0.3, 0.4) is 0 Å². The van der Waals surface area contributed by atoms with Gasteiger partial charge in [0.1, 0.15) is 5.60 Å². The molecule has 0 aromatic heterocycles. The van der Waals surface area contributed by atoms with Gasteiger partial charge in [-0.15, -0.1) is 0 Å². The van der Waals surface area contributed by atoms with Gasteiger partial charge < -0.3 is 4.74 Å². The van der Waals surface area contributed by atoms with Crippen LogP contribution in [0.1, 0.15) is 31.1 Å². The van der Waals surface area contributed by atoms with Crippen LogP contribution >= 0.6 is 11.6 Å². The monoisotopic (exact) mass is 288 g/mol. The second-order valence-corrected chi connectivity index (χ2v) is 5.99. The van der Waals surface area contributed by atoms with Gasteiger partial charge in [0, 0.05) is 5.02 Å². The Kier molecular flexibility index (Phi) is 4.15. The molecule has 2 nitrogen and oxygen atoms in total. The van der Waals surface area contributed by atoms with E-state index in [1.165, 1.54) is 0 Å². The summed E-state index contributed by atoms with van der Waals surface area (Å²) in [6, 6.07) is 14.9. The zero-order chi connectivity index (χ0) is 14.8. The van der Waals surface area contributed by atoms with E-state index in [1.54, 1.807) is 18.2 Å². The Morgan fingerprint density at radius 1 is 1.05 bits per heavy atom. The molecule has 0 amide bonds. The minimum absolute atomic E-state index is 0.340. The van der Waals surface area contributed by atoms with E-state index in [9.17, 15) is 4.79 Å². The van der Waals surface area contributed by atoms with Gasteiger partial charge in [-0.2, -0.15) is 0 Å². The molecular formula is C17H17ClO2. The maximum atomic E-state index is 12.3. The molecule has 2 aromatic rings. The van der Waals surface area contributed by atoms with Crippen molar-refractivity contribution < 1.29 is 9.53 Å². The van der Waals surface area contributed by atoms with Gasteiger partial charge in [-0.25, -0.2) is 4.79 Å². The molecule has 0 saturated heterocycles. The standard InChI is InChI=1S/C17H17ClO2/c1-17(2,3)20-16(19)14-10-9-13(18)11-15(14)12-7-5-4-6-8-12/h4-11H,1-3H3. The lowest BCUT2D eigenvalue weighted by atomic mass is 9.99. The second-order valence-electron chi connectivity index (χ2n) is 5.56. The molecule has 0 radical (unpaired) electrons. The minimum Gasteiger partial charge on any atom is -0.456 e. The molecule has 0 atom stereocenters. The molecule has 0 heterocycles. The van der Waals surface area contributed by atoms with E-state index in [4.69, 9.17) is 16.3 Å². The third-order valence-electron chi connectivity index (χ3n) is 2.69. The fourth-order valence-corrected chi connectivity index (χ4v) is 2.06. The largest absolute Gasteiger partial charge is 0.456 e. The van der Waals surface area contributed by atoms with Crippen LogP contribution < -0.4 is 0 Å². The molecule has 0 fully saturated rings. The lowest BCUT2D eigenvalue weighted by Gasteiger charge is -2.20. The molecule has 0 aliphatic rings. The van der Waals surface area contributed by atoms with Gasteiger partial charge in [0.25, 0.3) is 0 Å². The summed E-state index contributed by atoms with van der Waals surface area (Å²) in [6.45, 7) is 5.55. The Labute approximate surface area is 124 Å². The number of rotatable bonds is 2. The predicted octanol–water partition coefficient (Wildman–Crippen LogP) is 4.96. The number of carbonyl (C=O) groups excluding carboxylic acids is 1. The van der Waals surface area contributed by atoms with Gasteiger partial charge in [-0.1, -0.05) is 41.9 Å². The third kappa shape index (κ3) is 3.61. The highest BCUT2D eigenvalue weighted by molar-refractivity contribution is 6.31. The molecule has 0 N–H and O–H groups in total. The van der Waals surface area contributed by atoms with Gasteiger partial charge >= 0.3 is 5.97 Å². The topological polar surface area (TPSA) is 26.3 Å². The Hall–Kier alpha value is -1.80. The smallest absolute Gasteiger partial charge is 0.339 e. The molecule has 2 rings (SSSR count). The molecule has 0 spiro atoms. The summed E-state index contributed by atoms with van der Waals surface area (Å²) < 4.78 is 5.44. The van der Waals surface area contributed by atoms with Gasteiger partial charge in [-0.05, 0) is 50.1 Å². The Morgan fingerprint density at radius 2 is 1.70 bits per heavy atom. The number of ether oxygens (including phenoxy) is 1. The zero-order valence-electron chi connectivity index (χ0n) is 11.8.